The highest BCUT2D eigenvalue weighted by molar-refractivity contribution is 6.08. The van der Waals surface area contributed by atoms with Gasteiger partial charge in [0, 0.05) is 16.5 Å². The van der Waals surface area contributed by atoms with E-state index < -0.39 is 5.41 Å². The largest absolute Gasteiger partial charge is 0.306 e. The lowest BCUT2D eigenvalue weighted by Gasteiger charge is -2.47. The van der Waals surface area contributed by atoms with Crippen LogP contribution >= 0.6 is 0 Å². The zero-order valence-electron chi connectivity index (χ0n) is 26.2. The van der Waals surface area contributed by atoms with Crippen LogP contribution in [0.25, 0.3) is 33.2 Å². The summed E-state index contributed by atoms with van der Waals surface area (Å²) in [6.45, 7) is 0. The zero-order chi connectivity index (χ0) is 31.9. The molecule has 0 saturated heterocycles. The van der Waals surface area contributed by atoms with Crippen molar-refractivity contribution in [1.29, 1.82) is 0 Å². The minimum atomic E-state index is -0.588. The average Bonchev–Trinajstić information content (AvgIpc) is 3.18. The average molecular weight is 614 g/mol. The van der Waals surface area contributed by atoms with Crippen molar-refractivity contribution < 1.29 is 0 Å². The number of nitrogens with zero attached hydrogens (tertiary/aromatic N) is 3. The Bertz CT molecular complexity index is 2290. The highest BCUT2D eigenvalue weighted by Crippen LogP contribution is 2.60. The first kappa shape index (κ1) is 27.9. The summed E-state index contributed by atoms with van der Waals surface area (Å²) in [6, 6.07) is 65.2. The Kier molecular flexibility index (Phi) is 6.69. The lowest BCUT2D eigenvalue weighted by atomic mass is 9.62. The molecular formula is C45H31N3. The number of fused-ring (bicyclic) bond motifs is 4. The summed E-state index contributed by atoms with van der Waals surface area (Å²) in [6.07, 6.45) is 1.92. The minimum absolute atomic E-state index is 0.588. The third-order valence-electron chi connectivity index (χ3n) is 9.67. The molecule has 0 amide bonds. The second-order valence-corrected chi connectivity index (χ2v) is 12.2. The van der Waals surface area contributed by atoms with E-state index in [0.717, 1.165) is 39.4 Å². The van der Waals surface area contributed by atoms with Crippen LogP contribution in [0.1, 0.15) is 22.3 Å². The van der Waals surface area contributed by atoms with E-state index in [1.807, 2.05) is 12.3 Å². The van der Waals surface area contributed by atoms with Crippen LogP contribution in [-0.4, -0.2) is 10.2 Å². The summed E-state index contributed by atoms with van der Waals surface area (Å²) in [5.41, 5.74) is 11.5. The second kappa shape index (κ2) is 11.5. The Labute approximate surface area is 280 Å². The van der Waals surface area contributed by atoms with Crippen molar-refractivity contribution >= 4 is 27.8 Å². The fourth-order valence-corrected chi connectivity index (χ4v) is 7.67. The zero-order valence-corrected chi connectivity index (χ0v) is 26.2. The lowest BCUT2D eigenvalue weighted by Crippen LogP contribution is -2.38. The number of rotatable bonds is 5. The van der Waals surface area contributed by atoms with Gasteiger partial charge in [-0.15, -0.1) is 5.10 Å². The Hall–Kier alpha value is -6.32. The summed E-state index contributed by atoms with van der Waals surface area (Å²) in [4.78, 5) is 2.47. The van der Waals surface area contributed by atoms with Crippen LogP contribution in [0, 0.1) is 0 Å². The number of hydrogen-bond donors (Lipinski definition) is 0. The quantitative estimate of drug-likeness (QED) is 0.193. The van der Waals surface area contributed by atoms with E-state index in [1.165, 1.54) is 33.0 Å². The number of aromatic nitrogens is 2. The molecule has 0 radical (unpaired) electrons. The predicted molar refractivity (Wildman–Crippen MR) is 197 cm³/mol. The van der Waals surface area contributed by atoms with Crippen LogP contribution in [0.5, 0.6) is 0 Å². The smallest absolute Gasteiger partial charge is 0.118 e. The molecule has 3 heteroatoms. The molecule has 1 aliphatic rings. The van der Waals surface area contributed by atoms with Crippen molar-refractivity contribution in [2.24, 2.45) is 0 Å². The van der Waals surface area contributed by atoms with Gasteiger partial charge in [-0.05, 0) is 39.3 Å². The van der Waals surface area contributed by atoms with E-state index in [2.05, 4.69) is 186 Å². The van der Waals surface area contributed by atoms with Gasteiger partial charge in [0.2, 0.25) is 0 Å². The highest BCUT2D eigenvalue weighted by atomic mass is 15.2. The maximum Gasteiger partial charge on any atom is 0.118 e. The standard InChI is InChI=1S/C45H31N3/c1-5-17-32(18-6-1)38-31-46-47-42(34-20-7-2-8-21-34)44(38)48-41-28-16-15-27-39(41)45(35-22-9-3-10-23-35,36-24-11-4-12-25-36)40-30-29-33-19-13-14-26-37(33)43(40)48/h1-31H. The predicted octanol–water partition coefficient (Wildman–Crippen LogP) is 11.1. The van der Waals surface area contributed by atoms with Gasteiger partial charge >= 0.3 is 0 Å². The number of hydrogen-bond acceptors (Lipinski definition) is 3. The molecule has 0 spiro atoms. The first-order valence-electron chi connectivity index (χ1n) is 16.3. The third kappa shape index (κ3) is 4.21. The fraction of sp³-hybridized carbons (Fsp3) is 0.0222. The molecule has 0 bridgehead atoms. The van der Waals surface area contributed by atoms with E-state index in [9.17, 15) is 0 Å². The van der Waals surface area contributed by atoms with Crippen molar-refractivity contribution in [3.05, 3.63) is 210 Å². The van der Waals surface area contributed by atoms with E-state index >= 15 is 0 Å². The van der Waals surface area contributed by atoms with E-state index in [1.54, 1.807) is 0 Å². The molecule has 3 nitrogen and oxygen atoms in total. The van der Waals surface area contributed by atoms with Crippen molar-refractivity contribution in [2.45, 2.75) is 5.41 Å². The van der Waals surface area contributed by atoms with Gasteiger partial charge < -0.3 is 4.90 Å². The van der Waals surface area contributed by atoms with Crippen LogP contribution in [-0.2, 0) is 5.41 Å². The molecule has 0 aliphatic carbocycles. The Balaban J connectivity index is 1.49. The molecule has 48 heavy (non-hydrogen) atoms. The molecule has 8 aromatic rings. The van der Waals surface area contributed by atoms with E-state index in [0.29, 0.717) is 0 Å². The summed E-state index contributed by atoms with van der Waals surface area (Å²) >= 11 is 0. The molecule has 2 heterocycles. The minimum Gasteiger partial charge on any atom is -0.306 e. The number of anilines is 3. The topological polar surface area (TPSA) is 29.0 Å². The number of para-hydroxylation sites is 1. The summed E-state index contributed by atoms with van der Waals surface area (Å²) in [5.74, 6) is 0. The molecular weight excluding hydrogens is 583 g/mol. The molecule has 7 aromatic carbocycles. The second-order valence-electron chi connectivity index (χ2n) is 12.2. The summed E-state index contributed by atoms with van der Waals surface area (Å²) in [7, 11) is 0. The van der Waals surface area contributed by atoms with Crippen molar-refractivity contribution in [2.75, 3.05) is 4.90 Å². The normalized spacial score (nSPS) is 13.1. The Morgan fingerprint density at radius 2 is 1.00 bits per heavy atom. The summed E-state index contributed by atoms with van der Waals surface area (Å²) < 4.78 is 0. The molecule has 0 unspecified atom stereocenters. The first-order valence-corrected chi connectivity index (χ1v) is 16.3. The van der Waals surface area contributed by atoms with Gasteiger partial charge in [-0.1, -0.05) is 176 Å². The van der Waals surface area contributed by atoms with E-state index in [-0.39, 0.29) is 0 Å². The van der Waals surface area contributed by atoms with Crippen LogP contribution in [0.3, 0.4) is 0 Å². The van der Waals surface area contributed by atoms with Crippen LogP contribution in [0.2, 0.25) is 0 Å². The number of benzene rings is 7. The van der Waals surface area contributed by atoms with Gasteiger partial charge in [-0.2, -0.15) is 5.10 Å². The van der Waals surface area contributed by atoms with E-state index in [4.69, 9.17) is 5.10 Å². The Morgan fingerprint density at radius 3 is 1.69 bits per heavy atom. The van der Waals surface area contributed by atoms with Crippen molar-refractivity contribution in [3.63, 3.8) is 0 Å². The fourth-order valence-electron chi connectivity index (χ4n) is 7.67. The van der Waals surface area contributed by atoms with Crippen molar-refractivity contribution in [1.82, 2.24) is 10.2 Å². The molecule has 9 rings (SSSR count). The van der Waals surface area contributed by atoms with Gasteiger partial charge in [0.15, 0.2) is 0 Å². The molecule has 0 fully saturated rings. The molecule has 0 atom stereocenters. The summed E-state index contributed by atoms with van der Waals surface area (Å²) in [5, 5.41) is 11.9. The van der Waals surface area contributed by atoms with Gasteiger partial charge in [0.1, 0.15) is 5.69 Å². The highest BCUT2D eigenvalue weighted by Gasteiger charge is 2.47. The van der Waals surface area contributed by atoms with Gasteiger partial charge in [0.25, 0.3) is 0 Å². The molecule has 1 aromatic heterocycles. The first-order chi connectivity index (χ1) is 23.9. The van der Waals surface area contributed by atoms with Crippen molar-refractivity contribution in [3.8, 4) is 22.4 Å². The van der Waals surface area contributed by atoms with Crippen LogP contribution in [0.4, 0.5) is 17.1 Å². The Morgan fingerprint density at radius 1 is 0.438 bits per heavy atom. The van der Waals surface area contributed by atoms with Crippen LogP contribution < -0.4 is 4.90 Å². The van der Waals surface area contributed by atoms with Crippen LogP contribution in [0.15, 0.2) is 188 Å². The van der Waals surface area contributed by atoms with Gasteiger partial charge in [0.05, 0.1) is 28.7 Å². The molecule has 1 aliphatic heterocycles. The maximum absolute atomic E-state index is 4.90. The molecule has 226 valence electrons. The third-order valence-corrected chi connectivity index (χ3v) is 9.67. The monoisotopic (exact) mass is 613 g/mol. The maximum atomic E-state index is 4.90. The van der Waals surface area contributed by atoms with Gasteiger partial charge in [-0.3, -0.25) is 0 Å². The van der Waals surface area contributed by atoms with Gasteiger partial charge in [-0.25, -0.2) is 0 Å². The lowest BCUT2D eigenvalue weighted by molar-refractivity contribution is 0.733. The molecule has 0 N–H and O–H groups in total. The SMILES string of the molecule is c1ccc(-c2cnnc(-c3ccccc3)c2N2c3ccccc3C(c3ccccc3)(c3ccccc3)c3ccc4ccccc4c32)cc1. The molecule has 0 saturated carbocycles.